The summed E-state index contributed by atoms with van der Waals surface area (Å²) in [5, 5.41) is 6.56. The van der Waals surface area contributed by atoms with Crippen LogP contribution in [0.5, 0.6) is 5.75 Å². The van der Waals surface area contributed by atoms with E-state index in [9.17, 15) is 0 Å². The van der Waals surface area contributed by atoms with E-state index in [1.165, 1.54) is 5.56 Å². The van der Waals surface area contributed by atoms with Crippen LogP contribution in [0.3, 0.4) is 0 Å². The molecule has 0 aliphatic heterocycles. The molecule has 0 spiro atoms. The number of hydrogen-bond acceptors (Lipinski definition) is 4. The zero-order valence-corrected chi connectivity index (χ0v) is 13.0. The molecule has 1 aromatic carbocycles. The lowest BCUT2D eigenvalue weighted by atomic mass is 10.2. The molecule has 1 N–H and O–H groups in total. The van der Waals surface area contributed by atoms with Gasteiger partial charge in [0.2, 0.25) is 0 Å². The van der Waals surface area contributed by atoms with E-state index in [0.717, 1.165) is 42.4 Å². The van der Waals surface area contributed by atoms with Gasteiger partial charge in [0.1, 0.15) is 17.4 Å². The van der Waals surface area contributed by atoms with Gasteiger partial charge in [-0.2, -0.15) is 0 Å². The summed E-state index contributed by atoms with van der Waals surface area (Å²) in [7, 11) is 0. The standard InChI is InChI=1S/C16H22N2OS/c1-3-8-17-10-16-18-14(12-20-16)11-19-15-7-5-6-13(4-2)9-15/h5-7,9,12,17H,3-4,8,10-11H2,1-2H3. The molecule has 0 bridgehead atoms. The predicted octanol–water partition coefficient (Wildman–Crippen LogP) is 3.78. The normalized spacial score (nSPS) is 10.7. The number of thiazole rings is 1. The molecule has 20 heavy (non-hydrogen) atoms. The second kappa shape index (κ2) is 8.02. The molecule has 2 aromatic rings. The highest BCUT2D eigenvalue weighted by Gasteiger charge is 2.03. The molecular formula is C16H22N2OS. The molecule has 0 saturated carbocycles. The number of benzene rings is 1. The second-order valence-electron chi connectivity index (χ2n) is 4.70. The summed E-state index contributed by atoms with van der Waals surface area (Å²) < 4.78 is 5.80. The van der Waals surface area contributed by atoms with Crippen LogP contribution >= 0.6 is 11.3 Å². The molecular weight excluding hydrogens is 268 g/mol. The number of aromatic nitrogens is 1. The van der Waals surface area contributed by atoms with Crippen LogP contribution in [0.15, 0.2) is 29.6 Å². The zero-order valence-electron chi connectivity index (χ0n) is 12.2. The van der Waals surface area contributed by atoms with Crippen molar-refractivity contribution in [2.75, 3.05) is 6.54 Å². The van der Waals surface area contributed by atoms with Crippen LogP contribution in [0, 0.1) is 0 Å². The van der Waals surface area contributed by atoms with Gasteiger partial charge in [0.05, 0.1) is 5.69 Å². The molecule has 1 heterocycles. The zero-order chi connectivity index (χ0) is 14.2. The van der Waals surface area contributed by atoms with Gasteiger partial charge in [-0.15, -0.1) is 11.3 Å². The van der Waals surface area contributed by atoms with Crippen molar-refractivity contribution in [3.8, 4) is 5.75 Å². The van der Waals surface area contributed by atoms with Gasteiger partial charge in [0.15, 0.2) is 0 Å². The number of nitrogens with one attached hydrogen (secondary N) is 1. The SMILES string of the molecule is CCCNCc1nc(COc2cccc(CC)c2)cs1. The van der Waals surface area contributed by atoms with E-state index in [1.54, 1.807) is 11.3 Å². The van der Waals surface area contributed by atoms with E-state index in [2.05, 4.69) is 41.7 Å². The summed E-state index contributed by atoms with van der Waals surface area (Å²) in [4.78, 5) is 4.57. The Balaban J connectivity index is 1.84. The van der Waals surface area contributed by atoms with Gasteiger partial charge in [-0.3, -0.25) is 0 Å². The van der Waals surface area contributed by atoms with Crippen molar-refractivity contribution in [1.82, 2.24) is 10.3 Å². The minimum atomic E-state index is 0.539. The fourth-order valence-electron chi connectivity index (χ4n) is 1.88. The van der Waals surface area contributed by atoms with E-state index in [0.29, 0.717) is 6.61 Å². The number of ether oxygens (including phenoxy) is 1. The van der Waals surface area contributed by atoms with E-state index in [-0.39, 0.29) is 0 Å². The first-order valence-corrected chi connectivity index (χ1v) is 8.05. The van der Waals surface area contributed by atoms with Crippen LogP contribution in [0.25, 0.3) is 0 Å². The lowest BCUT2D eigenvalue weighted by molar-refractivity contribution is 0.301. The average Bonchev–Trinajstić information content (AvgIpc) is 2.94. The van der Waals surface area contributed by atoms with Gasteiger partial charge in [-0.25, -0.2) is 4.98 Å². The third-order valence-corrected chi connectivity index (χ3v) is 3.89. The fourth-order valence-corrected chi connectivity index (χ4v) is 2.63. The Kier molecular flexibility index (Phi) is 6.02. The maximum atomic E-state index is 5.80. The Morgan fingerprint density at radius 2 is 2.20 bits per heavy atom. The second-order valence-corrected chi connectivity index (χ2v) is 5.64. The van der Waals surface area contributed by atoms with Crippen molar-refractivity contribution in [1.29, 1.82) is 0 Å². The molecule has 0 aliphatic rings. The van der Waals surface area contributed by atoms with Crippen LogP contribution in [0.1, 0.15) is 36.5 Å². The Bertz CT molecular complexity index is 525. The molecule has 0 unspecified atom stereocenters. The Morgan fingerprint density at radius 3 is 3.00 bits per heavy atom. The smallest absolute Gasteiger partial charge is 0.131 e. The van der Waals surface area contributed by atoms with Crippen molar-refractivity contribution < 1.29 is 4.74 Å². The van der Waals surface area contributed by atoms with E-state index in [1.807, 2.05) is 12.1 Å². The van der Waals surface area contributed by atoms with Crippen LogP contribution in [-0.4, -0.2) is 11.5 Å². The number of rotatable bonds is 8. The molecule has 0 radical (unpaired) electrons. The largest absolute Gasteiger partial charge is 0.487 e. The topological polar surface area (TPSA) is 34.2 Å². The van der Waals surface area contributed by atoms with Gasteiger partial charge in [-0.05, 0) is 37.1 Å². The summed E-state index contributed by atoms with van der Waals surface area (Å²) in [5.41, 5.74) is 2.30. The monoisotopic (exact) mass is 290 g/mol. The summed E-state index contributed by atoms with van der Waals surface area (Å²) in [6.45, 7) is 6.74. The quantitative estimate of drug-likeness (QED) is 0.751. The summed E-state index contributed by atoms with van der Waals surface area (Å²) in [5.74, 6) is 0.919. The Morgan fingerprint density at radius 1 is 1.30 bits per heavy atom. The fraction of sp³-hybridized carbons (Fsp3) is 0.438. The molecule has 0 aliphatic carbocycles. The highest BCUT2D eigenvalue weighted by molar-refractivity contribution is 7.09. The summed E-state index contributed by atoms with van der Waals surface area (Å²) in [6, 6.07) is 8.24. The maximum absolute atomic E-state index is 5.80. The number of hydrogen-bond donors (Lipinski definition) is 1. The van der Waals surface area contributed by atoms with Gasteiger partial charge >= 0.3 is 0 Å². The lowest BCUT2D eigenvalue weighted by Gasteiger charge is -2.05. The molecule has 0 fully saturated rings. The molecule has 3 nitrogen and oxygen atoms in total. The first-order valence-electron chi connectivity index (χ1n) is 7.17. The number of nitrogens with zero attached hydrogens (tertiary/aromatic N) is 1. The van der Waals surface area contributed by atoms with Gasteiger partial charge in [0.25, 0.3) is 0 Å². The van der Waals surface area contributed by atoms with Crippen LogP contribution in [0.2, 0.25) is 0 Å². The first-order chi connectivity index (χ1) is 9.81. The van der Waals surface area contributed by atoms with Crippen molar-refractivity contribution in [2.24, 2.45) is 0 Å². The van der Waals surface area contributed by atoms with Gasteiger partial charge in [-0.1, -0.05) is 26.0 Å². The Labute approximate surface area is 125 Å². The first kappa shape index (κ1) is 15.0. The van der Waals surface area contributed by atoms with E-state index < -0.39 is 0 Å². The minimum Gasteiger partial charge on any atom is -0.487 e. The highest BCUT2D eigenvalue weighted by atomic mass is 32.1. The van der Waals surface area contributed by atoms with E-state index >= 15 is 0 Å². The third kappa shape index (κ3) is 4.62. The highest BCUT2D eigenvalue weighted by Crippen LogP contribution is 2.16. The molecule has 4 heteroatoms. The van der Waals surface area contributed by atoms with Crippen molar-refractivity contribution in [2.45, 2.75) is 39.8 Å². The third-order valence-electron chi connectivity index (χ3n) is 3.00. The van der Waals surface area contributed by atoms with Crippen LogP contribution < -0.4 is 10.1 Å². The van der Waals surface area contributed by atoms with Crippen molar-refractivity contribution in [3.63, 3.8) is 0 Å². The van der Waals surface area contributed by atoms with Crippen molar-refractivity contribution in [3.05, 3.63) is 45.9 Å². The molecule has 0 atom stereocenters. The maximum Gasteiger partial charge on any atom is 0.131 e. The lowest BCUT2D eigenvalue weighted by Crippen LogP contribution is -2.13. The Hall–Kier alpha value is -1.39. The van der Waals surface area contributed by atoms with Crippen LogP contribution in [0.4, 0.5) is 0 Å². The minimum absolute atomic E-state index is 0.539. The van der Waals surface area contributed by atoms with Gasteiger partial charge in [0, 0.05) is 11.9 Å². The predicted molar refractivity (Wildman–Crippen MR) is 84.3 cm³/mol. The molecule has 1 aromatic heterocycles. The van der Waals surface area contributed by atoms with Gasteiger partial charge < -0.3 is 10.1 Å². The summed E-state index contributed by atoms with van der Waals surface area (Å²) in [6.07, 6.45) is 2.18. The van der Waals surface area contributed by atoms with E-state index in [4.69, 9.17) is 4.74 Å². The molecule has 0 amide bonds. The van der Waals surface area contributed by atoms with Crippen molar-refractivity contribution >= 4 is 11.3 Å². The molecule has 2 rings (SSSR count). The molecule has 108 valence electrons. The number of aryl methyl sites for hydroxylation is 1. The van der Waals surface area contributed by atoms with Crippen LogP contribution in [-0.2, 0) is 19.6 Å². The molecule has 0 saturated heterocycles. The summed E-state index contributed by atoms with van der Waals surface area (Å²) >= 11 is 1.69. The average molecular weight is 290 g/mol.